The van der Waals surface area contributed by atoms with Crippen molar-refractivity contribution in [1.29, 1.82) is 0 Å². The molecule has 162 valence electrons. The molecule has 0 aliphatic rings. The van der Waals surface area contributed by atoms with Gasteiger partial charge in [0.05, 0.1) is 6.10 Å². The zero-order valence-corrected chi connectivity index (χ0v) is 18.1. The lowest BCUT2D eigenvalue weighted by atomic mass is 9.98. The third kappa shape index (κ3) is 7.73. The van der Waals surface area contributed by atoms with Gasteiger partial charge in [-0.2, -0.15) is 0 Å². The number of aromatic nitrogens is 1. The van der Waals surface area contributed by atoms with Crippen molar-refractivity contribution in [3.63, 3.8) is 0 Å². The van der Waals surface area contributed by atoms with Crippen LogP contribution in [-0.2, 0) is 22.7 Å². The van der Waals surface area contributed by atoms with Crippen LogP contribution >= 0.6 is 0 Å². The third-order valence-electron chi connectivity index (χ3n) is 4.60. The van der Waals surface area contributed by atoms with Gasteiger partial charge >= 0.3 is 6.09 Å². The Bertz CT molecular complexity index is 794. The first-order valence-corrected chi connectivity index (χ1v) is 10.3. The minimum absolute atomic E-state index is 0.0470. The third-order valence-corrected chi connectivity index (χ3v) is 4.60. The van der Waals surface area contributed by atoms with Crippen LogP contribution in [0.15, 0.2) is 48.7 Å². The molecule has 2 atom stereocenters. The van der Waals surface area contributed by atoms with Crippen molar-refractivity contribution in [1.82, 2.24) is 15.6 Å². The first kappa shape index (κ1) is 23.2. The second-order valence-electron chi connectivity index (χ2n) is 7.46. The number of nitrogens with one attached hydrogen (secondary N) is 2. The van der Waals surface area contributed by atoms with Crippen molar-refractivity contribution in [3.05, 3.63) is 59.8 Å². The summed E-state index contributed by atoms with van der Waals surface area (Å²) in [5, 5.41) is 5.56. The first-order valence-electron chi connectivity index (χ1n) is 10.3. The van der Waals surface area contributed by atoms with Crippen LogP contribution in [0.1, 0.15) is 45.2 Å². The molecule has 0 bridgehead atoms. The second-order valence-corrected chi connectivity index (χ2v) is 7.46. The number of carbonyl (C=O) groups is 2. The van der Waals surface area contributed by atoms with E-state index < -0.39 is 12.1 Å². The highest BCUT2D eigenvalue weighted by Crippen LogP contribution is 2.11. The molecule has 0 aliphatic carbocycles. The summed E-state index contributed by atoms with van der Waals surface area (Å²) in [6.45, 7) is 8.21. The molecule has 0 saturated carbocycles. The number of hydrogen-bond acceptors (Lipinski definition) is 5. The van der Waals surface area contributed by atoms with Gasteiger partial charge in [-0.1, -0.05) is 56.7 Å². The molecule has 2 amide bonds. The molecule has 0 spiro atoms. The van der Waals surface area contributed by atoms with Crippen LogP contribution in [0.5, 0.6) is 5.88 Å². The van der Waals surface area contributed by atoms with Crippen molar-refractivity contribution < 1.29 is 19.1 Å². The van der Waals surface area contributed by atoms with Gasteiger partial charge in [0.1, 0.15) is 12.6 Å². The van der Waals surface area contributed by atoms with Crippen molar-refractivity contribution in [2.24, 2.45) is 5.92 Å². The Hall–Kier alpha value is -3.09. The summed E-state index contributed by atoms with van der Waals surface area (Å²) >= 11 is 0. The normalized spacial score (nSPS) is 12.7. The Labute approximate surface area is 178 Å². The maximum absolute atomic E-state index is 12.7. The second kappa shape index (κ2) is 11.8. The van der Waals surface area contributed by atoms with Gasteiger partial charge in [-0.3, -0.25) is 4.79 Å². The van der Waals surface area contributed by atoms with E-state index in [2.05, 4.69) is 15.6 Å². The van der Waals surface area contributed by atoms with Gasteiger partial charge in [0.25, 0.3) is 0 Å². The molecular formula is C23H31N3O4. The predicted octanol–water partition coefficient (Wildman–Crippen LogP) is 3.83. The van der Waals surface area contributed by atoms with Crippen LogP contribution in [-0.4, -0.2) is 29.1 Å². The molecule has 0 unspecified atom stereocenters. The van der Waals surface area contributed by atoms with Gasteiger partial charge < -0.3 is 20.1 Å². The van der Waals surface area contributed by atoms with Crippen LogP contribution in [0, 0.1) is 5.92 Å². The number of ether oxygens (including phenoxy) is 2. The summed E-state index contributed by atoms with van der Waals surface area (Å²) in [5.41, 5.74) is 1.73. The summed E-state index contributed by atoms with van der Waals surface area (Å²) in [6, 6.07) is 12.3. The number of carbonyl (C=O) groups excluding carboxylic acids is 2. The number of hydrogen-bond donors (Lipinski definition) is 2. The maximum Gasteiger partial charge on any atom is 0.408 e. The largest absolute Gasteiger partial charge is 0.475 e. The summed E-state index contributed by atoms with van der Waals surface area (Å²) in [5.74, 6) is 0.234. The number of pyridine rings is 1. The highest BCUT2D eigenvalue weighted by atomic mass is 16.5. The van der Waals surface area contributed by atoms with E-state index in [-0.39, 0.29) is 24.5 Å². The van der Waals surface area contributed by atoms with Gasteiger partial charge in [0, 0.05) is 18.8 Å². The van der Waals surface area contributed by atoms with Crippen molar-refractivity contribution >= 4 is 12.0 Å². The number of alkyl carbamates (subject to hydrolysis) is 1. The van der Waals surface area contributed by atoms with Crippen molar-refractivity contribution in [2.75, 3.05) is 0 Å². The average Bonchev–Trinajstić information content (AvgIpc) is 2.75. The molecular weight excluding hydrogens is 382 g/mol. The van der Waals surface area contributed by atoms with E-state index in [0.717, 1.165) is 17.5 Å². The Balaban J connectivity index is 1.88. The fourth-order valence-electron chi connectivity index (χ4n) is 2.72. The van der Waals surface area contributed by atoms with Crippen molar-refractivity contribution in [3.8, 4) is 5.88 Å². The molecule has 2 aromatic rings. The highest BCUT2D eigenvalue weighted by molar-refractivity contribution is 5.85. The lowest BCUT2D eigenvalue weighted by Crippen LogP contribution is -2.50. The lowest BCUT2D eigenvalue weighted by molar-refractivity contribution is -0.124. The maximum atomic E-state index is 12.7. The van der Waals surface area contributed by atoms with Crippen LogP contribution in [0.2, 0.25) is 0 Å². The average molecular weight is 414 g/mol. The lowest BCUT2D eigenvalue weighted by Gasteiger charge is -2.23. The molecule has 1 aromatic carbocycles. The molecule has 7 nitrogen and oxygen atoms in total. The van der Waals surface area contributed by atoms with Crippen LogP contribution in [0.25, 0.3) is 0 Å². The van der Waals surface area contributed by atoms with E-state index in [1.165, 1.54) is 0 Å². The predicted molar refractivity (Wildman–Crippen MR) is 115 cm³/mol. The van der Waals surface area contributed by atoms with E-state index in [0.29, 0.717) is 12.4 Å². The zero-order valence-electron chi connectivity index (χ0n) is 18.1. The molecule has 0 aliphatic heterocycles. The Morgan fingerprint density at radius 2 is 1.77 bits per heavy atom. The van der Waals surface area contributed by atoms with Gasteiger partial charge in [0.15, 0.2) is 0 Å². The topological polar surface area (TPSA) is 89.5 Å². The van der Waals surface area contributed by atoms with Crippen LogP contribution < -0.4 is 15.4 Å². The van der Waals surface area contributed by atoms with Gasteiger partial charge in [-0.15, -0.1) is 0 Å². The van der Waals surface area contributed by atoms with Crippen LogP contribution in [0.3, 0.4) is 0 Å². The highest BCUT2D eigenvalue weighted by Gasteiger charge is 2.26. The first-order chi connectivity index (χ1) is 14.4. The molecule has 1 heterocycles. The molecule has 1 aromatic heterocycles. The number of benzene rings is 1. The van der Waals surface area contributed by atoms with E-state index in [1.54, 1.807) is 12.3 Å². The van der Waals surface area contributed by atoms with Gasteiger partial charge in [-0.05, 0) is 30.9 Å². The molecule has 0 saturated heterocycles. The summed E-state index contributed by atoms with van der Waals surface area (Å²) in [7, 11) is 0. The smallest absolute Gasteiger partial charge is 0.408 e. The Morgan fingerprint density at radius 1 is 1.03 bits per heavy atom. The Kier molecular flexibility index (Phi) is 9.12. The fraction of sp³-hybridized carbons (Fsp3) is 0.435. The van der Waals surface area contributed by atoms with E-state index in [1.807, 2.05) is 64.1 Å². The SMILES string of the molecule is CC[C@H](C)[C@H](NC(=O)OCc1ccccc1)C(=O)NCc1ccc(OC(C)C)nc1. The van der Waals surface area contributed by atoms with E-state index >= 15 is 0 Å². The van der Waals surface area contributed by atoms with Gasteiger partial charge in [0.2, 0.25) is 11.8 Å². The summed E-state index contributed by atoms with van der Waals surface area (Å²) in [6.07, 6.45) is 1.83. The molecule has 7 heteroatoms. The summed E-state index contributed by atoms with van der Waals surface area (Å²) < 4.78 is 10.8. The van der Waals surface area contributed by atoms with E-state index in [9.17, 15) is 9.59 Å². The molecule has 30 heavy (non-hydrogen) atoms. The monoisotopic (exact) mass is 413 g/mol. The number of nitrogens with zero attached hydrogens (tertiary/aromatic N) is 1. The standard InChI is InChI=1S/C23H31N3O4/c1-5-17(4)21(26-23(28)29-15-18-9-7-6-8-10-18)22(27)25-14-19-11-12-20(24-13-19)30-16(2)3/h6-13,16-17,21H,5,14-15H2,1-4H3,(H,25,27)(H,26,28)/t17-,21-/m0/s1. The van der Waals surface area contributed by atoms with E-state index in [4.69, 9.17) is 9.47 Å². The summed E-state index contributed by atoms with van der Waals surface area (Å²) in [4.78, 5) is 29.2. The quantitative estimate of drug-likeness (QED) is 0.618. The van der Waals surface area contributed by atoms with Crippen LogP contribution in [0.4, 0.5) is 4.79 Å². The minimum atomic E-state index is -0.685. The Morgan fingerprint density at radius 3 is 2.37 bits per heavy atom. The molecule has 0 radical (unpaired) electrons. The fourth-order valence-corrected chi connectivity index (χ4v) is 2.72. The minimum Gasteiger partial charge on any atom is -0.475 e. The molecule has 2 rings (SSSR count). The van der Waals surface area contributed by atoms with Gasteiger partial charge in [-0.25, -0.2) is 9.78 Å². The molecule has 0 fully saturated rings. The molecule has 2 N–H and O–H groups in total. The zero-order chi connectivity index (χ0) is 21.9. The van der Waals surface area contributed by atoms with Crippen molar-refractivity contribution in [2.45, 2.75) is 59.4 Å². The number of amides is 2. The number of rotatable bonds is 10.